The Hall–Kier alpha value is -2.82. The van der Waals surface area contributed by atoms with E-state index >= 15 is 0 Å². The molecule has 0 bridgehead atoms. The number of aromatic nitrogens is 1. The molecule has 5 N–H and O–H groups in total. The summed E-state index contributed by atoms with van der Waals surface area (Å²) in [5, 5.41) is 5.23. The first-order valence-electron chi connectivity index (χ1n) is 12.8. The van der Waals surface area contributed by atoms with Crippen LogP contribution in [0.4, 0.5) is 0 Å². The van der Waals surface area contributed by atoms with Crippen molar-refractivity contribution in [3.05, 3.63) is 52.5 Å². The minimum Gasteiger partial charge on any atom is -0.370 e. The van der Waals surface area contributed by atoms with Crippen LogP contribution in [-0.4, -0.2) is 83.3 Å². The number of nitrogens with two attached hydrogens (primary N) is 2. The number of carbonyl (C=O) groups is 2. The predicted molar refractivity (Wildman–Crippen MR) is 143 cm³/mol. The van der Waals surface area contributed by atoms with Crippen molar-refractivity contribution < 1.29 is 9.59 Å². The van der Waals surface area contributed by atoms with Gasteiger partial charge in [0.05, 0.1) is 12.1 Å². The highest BCUT2D eigenvalue weighted by molar-refractivity contribution is 7.11. The van der Waals surface area contributed by atoms with Crippen molar-refractivity contribution in [3.8, 4) is 0 Å². The lowest BCUT2D eigenvalue weighted by atomic mass is 10.1. The topological polar surface area (TPSA) is 130 Å². The fourth-order valence-electron chi connectivity index (χ4n) is 5.29. The molecule has 36 heavy (non-hydrogen) atoms. The quantitative estimate of drug-likeness (QED) is 0.171. The Bertz CT molecular complexity index is 1010. The molecular formula is C26H37N7O2S. The van der Waals surface area contributed by atoms with Crippen molar-refractivity contribution in [2.24, 2.45) is 16.5 Å². The Kier molecular flexibility index (Phi) is 9.43. The van der Waals surface area contributed by atoms with Gasteiger partial charge in [0.2, 0.25) is 11.7 Å². The van der Waals surface area contributed by atoms with Crippen LogP contribution in [0.1, 0.15) is 47.5 Å². The normalized spacial score (nSPS) is 21.0. The lowest BCUT2D eigenvalue weighted by molar-refractivity contribution is -0.127. The van der Waals surface area contributed by atoms with Crippen LogP contribution in [0, 0.1) is 0 Å². The average Bonchev–Trinajstić information content (AvgIpc) is 3.56. The van der Waals surface area contributed by atoms with Gasteiger partial charge >= 0.3 is 0 Å². The van der Waals surface area contributed by atoms with Crippen LogP contribution in [0.5, 0.6) is 0 Å². The van der Waals surface area contributed by atoms with Crippen LogP contribution in [-0.2, 0) is 11.2 Å². The van der Waals surface area contributed by atoms with Gasteiger partial charge in [-0.3, -0.25) is 19.5 Å². The SMILES string of the molecule is NC(N)=NCCCC(NC(=O)C1CCC2CN(CCCc3ccccc3)CCN21)C(=O)c1nccs1. The monoisotopic (exact) mass is 511 g/mol. The van der Waals surface area contributed by atoms with Crippen LogP contribution in [0.25, 0.3) is 0 Å². The molecule has 9 nitrogen and oxygen atoms in total. The minimum absolute atomic E-state index is 0.0260. The number of guanidine groups is 1. The summed E-state index contributed by atoms with van der Waals surface area (Å²) in [5.41, 5.74) is 12.2. The third-order valence-corrected chi connectivity index (χ3v) is 7.88. The average molecular weight is 512 g/mol. The number of benzene rings is 1. The Morgan fingerprint density at radius 3 is 2.75 bits per heavy atom. The van der Waals surface area contributed by atoms with Gasteiger partial charge in [-0.2, -0.15) is 0 Å². The van der Waals surface area contributed by atoms with Crippen LogP contribution in [0.2, 0.25) is 0 Å². The van der Waals surface area contributed by atoms with Gasteiger partial charge in [0.15, 0.2) is 11.0 Å². The number of rotatable bonds is 12. The highest BCUT2D eigenvalue weighted by atomic mass is 32.1. The van der Waals surface area contributed by atoms with Gasteiger partial charge in [0.25, 0.3) is 0 Å². The third-order valence-electron chi connectivity index (χ3n) is 7.09. The summed E-state index contributed by atoms with van der Waals surface area (Å²) in [6.07, 6.45) is 6.72. The Morgan fingerprint density at radius 2 is 2.00 bits per heavy atom. The molecule has 2 aromatic rings. The zero-order valence-electron chi connectivity index (χ0n) is 20.7. The fourth-order valence-corrected chi connectivity index (χ4v) is 5.92. The van der Waals surface area contributed by atoms with Crippen molar-refractivity contribution in [1.29, 1.82) is 0 Å². The van der Waals surface area contributed by atoms with Crippen LogP contribution in [0.15, 0.2) is 46.9 Å². The van der Waals surface area contributed by atoms with E-state index in [1.165, 1.54) is 16.9 Å². The lowest BCUT2D eigenvalue weighted by Crippen LogP contribution is -2.57. The van der Waals surface area contributed by atoms with E-state index in [9.17, 15) is 9.59 Å². The number of nitrogens with zero attached hydrogens (tertiary/aromatic N) is 4. The maximum Gasteiger partial charge on any atom is 0.237 e. The van der Waals surface area contributed by atoms with Gasteiger partial charge in [0, 0.05) is 43.8 Å². The van der Waals surface area contributed by atoms with Crippen LogP contribution in [0.3, 0.4) is 0 Å². The number of hydrogen-bond acceptors (Lipinski definition) is 7. The fraction of sp³-hybridized carbons (Fsp3) is 0.538. The van der Waals surface area contributed by atoms with Gasteiger partial charge in [0.1, 0.15) is 0 Å². The number of piperazine rings is 1. The summed E-state index contributed by atoms with van der Waals surface area (Å²) in [7, 11) is 0. The molecule has 1 amide bonds. The maximum atomic E-state index is 13.3. The number of Topliss-reactive ketones (excluding diaryl/α,β-unsaturated/α-hetero) is 1. The number of nitrogens with one attached hydrogen (secondary N) is 1. The molecule has 0 radical (unpaired) electrons. The number of hydrogen-bond donors (Lipinski definition) is 3. The zero-order valence-corrected chi connectivity index (χ0v) is 21.5. The molecule has 2 saturated heterocycles. The van der Waals surface area contributed by atoms with Crippen LogP contribution < -0.4 is 16.8 Å². The molecule has 3 atom stereocenters. The van der Waals surface area contributed by atoms with E-state index in [-0.39, 0.29) is 23.7 Å². The molecule has 3 heterocycles. The van der Waals surface area contributed by atoms with E-state index in [4.69, 9.17) is 11.5 Å². The van der Waals surface area contributed by atoms with Crippen molar-refractivity contribution in [2.75, 3.05) is 32.7 Å². The zero-order chi connectivity index (χ0) is 25.3. The smallest absolute Gasteiger partial charge is 0.237 e. The lowest BCUT2D eigenvalue weighted by Gasteiger charge is -2.39. The van der Waals surface area contributed by atoms with Gasteiger partial charge in [-0.1, -0.05) is 30.3 Å². The highest BCUT2D eigenvalue weighted by Gasteiger charge is 2.41. The summed E-state index contributed by atoms with van der Waals surface area (Å²) in [4.78, 5) is 39.4. The molecule has 1 aromatic carbocycles. The molecule has 3 unspecified atom stereocenters. The first kappa shape index (κ1) is 26.2. The summed E-state index contributed by atoms with van der Waals surface area (Å²) < 4.78 is 0. The minimum atomic E-state index is -0.629. The second kappa shape index (κ2) is 12.9. The molecular weight excluding hydrogens is 474 g/mol. The van der Waals surface area contributed by atoms with E-state index < -0.39 is 6.04 Å². The van der Waals surface area contributed by atoms with Crippen molar-refractivity contribution >= 4 is 29.0 Å². The molecule has 1 aromatic heterocycles. The number of carbonyl (C=O) groups excluding carboxylic acids is 2. The maximum absolute atomic E-state index is 13.3. The van der Waals surface area contributed by atoms with E-state index in [0.29, 0.717) is 30.4 Å². The van der Waals surface area contributed by atoms with E-state index in [2.05, 4.69) is 55.4 Å². The molecule has 2 fully saturated rings. The summed E-state index contributed by atoms with van der Waals surface area (Å²) in [6, 6.07) is 10.2. The van der Waals surface area contributed by atoms with E-state index in [1.807, 2.05) is 0 Å². The summed E-state index contributed by atoms with van der Waals surface area (Å²) in [6.45, 7) is 4.34. The molecule has 194 valence electrons. The molecule has 0 saturated carbocycles. The number of thiazole rings is 1. The van der Waals surface area contributed by atoms with E-state index in [1.54, 1.807) is 11.6 Å². The number of ketones is 1. The Balaban J connectivity index is 1.28. The third kappa shape index (κ3) is 7.11. The van der Waals surface area contributed by atoms with Gasteiger partial charge in [-0.05, 0) is 50.6 Å². The molecule has 0 spiro atoms. The van der Waals surface area contributed by atoms with Gasteiger partial charge in [-0.15, -0.1) is 11.3 Å². The molecule has 4 rings (SSSR count). The summed E-state index contributed by atoms with van der Waals surface area (Å²) in [5.74, 6) is -0.189. The Labute approximate surface area is 217 Å². The largest absolute Gasteiger partial charge is 0.370 e. The van der Waals surface area contributed by atoms with E-state index in [0.717, 1.165) is 51.9 Å². The molecule has 0 aliphatic carbocycles. The second-order valence-corrected chi connectivity index (χ2v) is 10.5. The van der Waals surface area contributed by atoms with Gasteiger partial charge < -0.3 is 21.7 Å². The summed E-state index contributed by atoms with van der Waals surface area (Å²) >= 11 is 1.29. The van der Waals surface area contributed by atoms with Crippen molar-refractivity contribution in [3.63, 3.8) is 0 Å². The predicted octanol–water partition coefficient (Wildman–Crippen LogP) is 1.65. The number of amides is 1. The first-order chi connectivity index (χ1) is 17.5. The van der Waals surface area contributed by atoms with Crippen molar-refractivity contribution in [1.82, 2.24) is 20.1 Å². The number of fused-ring (bicyclic) bond motifs is 1. The first-order valence-corrected chi connectivity index (χ1v) is 13.7. The van der Waals surface area contributed by atoms with Crippen molar-refractivity contribution in [2.45, 2.75) is 56.7 Å². The highest BCUT2D eigenvalue weighted by Crippen LogP contribution is 2.28. The number of aryl methyl sites for hydroxylation is 1. The van der Waals surface area contributed by atoms with Crippen LogP contribution >= 0.6 is 11.3 Å². The van der Waals surface area contributed by atoms with Gasteiger partial charge in [-0.25, -0.2) is 4.98 Å². The second-order valence-electron chi connectivity index (χ2n) is 9.59. The molecule has 2 aliphatic rings. The standard InChI is InChI=1S/C26H37N7O2S/c27-26(28)30-12-4-9-21(23(34)25-29-13-17-36-25)31-24(35)22-11-10-20-18-32(15-16-33(20)22)14-5-8-19-6-2-1-3-7-19/h1-3,6-7,13,17,20-22H,4-5,8-12,14-16,18H2,(H,31,35)(H4,27,28,30). The Morgan fingerprint density at radius 1 is 1.17 bits per heavy atom. The molecule has 10 heteroatoms. The molecule has 2 aliphatic heterocycles. The number of aliphatic imine (C=N–C) groups is 1.